The molecule has 2 aromatic rings. The van der Waals surface area contributed by atoms with Crippen molar-refractivity contribution < 1.29 is 18.7 Å². The maximum Gasteiger partial charge on any atom is 0.270 e. The van der Waals surface area contributed by atoms with Gasteiger partial charge >= 0.3 is 0 Å². The molecule has 174 valence electrons. The fraction of sp³-hybridized carbons (Fsp3) is 0.400. The monoisotopic (exact) mass is 452 g/mol. The van der Waals surface area contributed by atoms with E-state index >= 15 is 0 Å². The summed E-state index contributed by atoms with van der Waals surface area (Å²) in [6.07, 6.45) is 1.56. The van der Waals surface area contributed by atoms with Crippen molar-refractivity contribution in [1.82, 2.24) is 14.8 Å². The van der Waals surface area contributed by atoms with Crippen molar-refractivity contribution in [3.8, 4) is 5.75 Å². The van der Waals surface area contributed by atoms with Crippen molar-refractivity contribution in [2.75, 3.05) is 39.8 Å². The van der Waals surface area contributed by atoms with E-state index in [4.69, 9.17) is 4.74 Å². The number of carbonyl (C=O) groups excluding carboxylic acids is 2. The molecule has 8 heteroatoms. The molecule has 1 fully saturated rings. The lowest BCUT2D eigenvalue weighted by Crippen LogP contribution is -2.51. The summed E-state index contributed by atoms with van der Waals surface area (Å²) in [6.45, 7) is 4.09. The van der Waals surface area contributed by atoms with Crippen molar-refractivity contribution in [2.24, 2.45) is 5.10 Å². The number of ether oxygens (including phenoxy) is 1. The van der Waals surface area contributed by atoms with E-state index in [1.165, 1.54) is 22.7 Å². The molecular formula is C25H29FN4O3. The van der Waals surface area contributed by atoms with E-state index in [0.29, 0.717) is 25.2 Å². The van der Waals surface area contributed by atoms with Crippen molar-refractivity contribution in [3.05, 3.63) is 65.5 Å². The second kappa shape index (κ2) is 10.6. The number of hydrogen-bond donors (Lipinski definition) is 0. The van der Waals surface area contributed by atoms with Gasteiger partial charge in [-0.05, 0) is 41.8 Å². The highest BCUT2D eigenvalue weighted by atomic mass is 19.1. The summed E-state index contributed by atoms with van der Waals surface area (Å²) in [5.74, 6) is 0.307. The van der Waals surface area contributed by atoms with Crippen LogP contribution < -0.4 is 4.74 Å². The quantitative estimate of drug-likeness (QED) is 0.648. The Morgan fingerprint density at radius 1 is 0.970 bits per heavy atom. The molecule has 2 aliphatic heterocycles. The van der Waals surface area contributed by atoms with Gasteiger partial charge < -0.3 is 9.64 Å². The largest absolute Gasteiger partial charge is 0.497 e. The van der Waals surface area contributed by atoms with Crippen molar-refractivity contribution in [2.45, 2.75) is 25.8 Å². The average Bonchev–Trinajstić information content (AvgIpc) is 2.85. The van der Waals surface area contributed by atoms with Crippen LogP contribution in [0.5, 0.6) is 5.75 Å². The Balaban J connectivity index is 1.29. The molecule has 0 aliphatic carbocycles. The molecule has 0 N–H and O–H groups in total. The number of halogens is 1. The molecule has 2 aliphatic rings. The van der Waals surface area contributed by atoms with Crippen LogP contribution in [0.15, 0.2) is 53.6 Å². The number of amides is 2. The molecule has 2 heterocycles. The molecular weight excluding hydrogens is 423 g/mol. The van der Waals surface area contributed by atoms with Crippen LogP contribution in [-0.2, 0) is 22.6 Å². The molecule has 0 radical (unpaired) electrons. The van der Waals surface area contributed by atoms with Crippen LogP contribution in [0.25, 0.3) is 0 Å². The van der Waals surface area contributed by atoms with E-state index in [0.717, 1.165) is 37.4 Å². The van der Waals surface area contributed by atoms with Crippen LogP contribution in [0.1, 0.15) is 24.0 Å². The van der Waals surface area contributed by atoms with E-state index in [-0.39, 0.29) is 30.6 Å². The highest BCUT2D eigenvalue weighted by molar-refractivity contribution is 6.39. The Bertz CT molecular complexity index is 999. The van der Waals surface area contributed by atoms with Crippen LogP contribution >= 0.6 is 0 Å². The van der Waals surface area contributed by atoms with E-state index in [1.807, 2.05) is 17.0 Å². The van der Waals surface area contributed by atoms with Gasteiger partial charge in [0.2, 0.25) is 5.91 Å². The van der Waals surface area contributed by atoms with Gasteiger partial charge in [-0.3, -0.25) is 14.5 Å². The first-order chi connectivity index (χ1) is 16.0. The minimum absolute atomic E-state index is 0.0959. The van der Waals surface area contributed by atoms with Crippen LogP contribution in [0.2, 0.25) is 0 Å². The summed E-state index contributed by atoms with van der Waals surface area (Å²) < 4.78 is 18.3. The minimum Gasteiger partial charge on any atom is -0.497 e. The second-order valence-corrected chi connectivity index (χ2v) is 8.36. The van der Waals surface area contributed by atoms with E-state index in [1.54, 1.807) is 19.2 Å². The summed E-state index contributed by atoms with van der Waals surface area (Å²) in [6, 6.07) is 14.1. The number of carbonyl (C=O) groups is 2. The first-order valence-electron chi connectivity index (χ1n) is 11.3. The molecule has 0 bridgehead atoms. The molecule has 33 heavy (non-hydrogen) atoms. The van der Waals surface area contributed by atoms with Crippen LogP contribution in [0, 0.1) is 5.82 Å². The summed E-state index contributed by atoms with van der Waals surface area (Å²) in [5, 5.41) is 5.68. The lowest BCUT2D eigenvalue weighted by molar-refractivity contribution is -0.132. The minimum atomic E-state index is -0.328. The maximum absolute atomic E-state index is 13.1. The van der Waals surface area contributed by atoms with Crippen LogP contribution in [0.3, 0.4) is 0 Å². The molecule has 0 aromatic heterocycles. The van der Waals surface area contributed by atoms with Gasteiger partial charge in [-0.25, -0.2) is 9.40 Å². The molecule has 0 spiro atoms. The average molecular weight is 453 g/mol. The van der Waals surface area contributed by atoms with Gasteiger partial charge in [-0.1, -0.05) is 24.3 Å². The molecule has 0 unspecified atom stereocenters. The lowest BCUT2D eigenvalue weighted by atomic mass is 10.1. The van der Waals surface area contributed by atoms with Gasteiger partial charge in [0, 0.05) is 45.6 Å². The predicted octanol–water partition coefficient (Wildman–Crippen LogP) is 2.70. The standard InChI is InChI=1S/C25H29FN4O3/c1-33-22-8-4-19(5-9-22)12-13-28-14-16-29(17-15-28)25(32)23-10-11-24(31)30(27-23)18-20-2-6-21(26)7-3-20/h2-9H,10-18H2,1H3. The number of rotatable bonds is 7. The van der Waals surface area contributed by atoms with Gasteiger partial charge in [-0.15, -0.1) is 0 Å². The molecule has 0 atom stereocenters. The fourth-order valence-corrected chi connectivity index (χ4v) is 4.08. The van der Waals surface area contributed by atoms with Crippen LogP contribution in [-0.4, -0.2) is 72.2 Å². The Hall–Kier alpha value is -3.26. The number of piperazine rings is 1. The van der Waals surface area contributed by atoms with Gasteiger partial charge in [-0.2, -0.15) is 5.10 Å². The van der Waals surface area contributed by atoms with Crippen LogP contribution in [0.4, 0.5) is 4.39 Å². The van der Waals surface area contributed by atoms with E-state index < -0.39 is 0 Å². The SMILES string of the molecule is COc1ccc(CCN2CCN(C(=O)C3=NN(Cc4ccc(F)cc4)C(=O)CC3)CC2)cc1. The Morgan fingerprint density at radius 3 is 2.30 bits per heavy atom. The van der Waals surface area contributed by atoms with Crippen molar-refractivity contribution in [3.63, 3.8) is 0 Å². The van der Waals surface area contributed by atoms with Gasteiger partial charge in [0.1, 0.15) is 17.3 Å². The lowest BCUT2D eigenvalue weighted by Gasteiger charge is -2.35. The van der Waals surface area contributed by atoms with E-state index in [2.05, 4.69) is 22.1 Å². The first kappa shape index (κ1) is 22.9. The summed E-state index contributed by atoms with van der Waals surface area (Å²) in [7, 11) is 1.66. The molecule has 1 saturated heterocycles. The highest BCUT2D eigenvalue weighted by Gasteiger charge is 2.29. The first-order valence-corrected chi connectivity index (χ1v) is 11.3. The third-order valence-corrected chi connectivity index (χ3v) is 6.13. The Labute approximate surface area is 193 Å². The fourth-order valence-electron chi connectivity index (χ4n) is 4.08. The van der Waals surface area contributed by atoms with E-state index in [9.17, 15) is 14.0 Å². The highest BCUT2D eigenvalue weighted by Crippen LogP contribution is 2.17. The smallest absolute Gasteiger partial charge is 0.270 e. The zero-order valence-corrected chi connectivity index (χ0v) is 18.9. The molecule has 2 amide bonds. The number of hydrazone groups is 1. The molecule has 0 saturated carbocycles. The zero-order chi connectivity index (χ0) is 23.2. The van der Waals surface area contributed by atoms with Gasteiger partial charge in [0.25, 0.3) is 5.91 Å². The Kier molecular flexibility index (Phi) is 7.34. The Morgan fingerprint density at radius 2 is 1.64 bits per heavy atom. The third kappa shape index (κ3) is 5.96. The maximum atomic E-state index is 13.1. The van der Waals surface area contributed by atoms with Crippen molar-refractivity contribution >= 4 is 17.5 Å². The summed E-state index contributed by atoms with van der Waals surface area (Å²) in [4.78, 5) is 29.5. The second-order valence-electron chi connectivity index (χ2n) is 8.36. The predicted molar refractivity (Wildman–Crippen MR) is 123 cm³/mol. The molecule has 7 nitrogen and oxygen atoms in total. The number of benzene rings is 2. The zero-order valence-electron chi connectivity index (χ0n) is 18.9. The van der Waals surface area contributed by atoms with Gasteiger partial charge in [0.05, 0.1) is 13.7 Å². The molecule has 2 aromatic carbocycles. The third-order valence-electron chi connectivity index (χ3n) is 6.13. The van der Waals surface area contributed by atoms with Crippen molar-refractivity contribution in [1.29, 1.82) is 0 Å². The van der Waals surface area contributed by atoms with Gasteiger partial charge in [0.15, 0.2) is 0 Å². The normalized spacial score (nSPS) is 17.2. The number of methoxy groups -OCH3 is 1. The number of hydrogen-bond acceptors (Lipinski definition) is 5. The topological polar surface area (TPSA) is 65.5 Å². The summed E-state index contributed by atoms with van der Waals surface area (Å²) >= 11 is 0. The summed E-state index contributed by atoms with van der Waals surface area (Å²) in [5.41, 5.74) is 2.45. The molecule has 4 rings (SSSR count). The number of nitrogens with zero attached hydrogens (tertiary/aromatic N) is 4.